The molecule has 156 valence electrons. The number of rotatable bonds is 4. The van der Waals surface area contributed by atoms with Crippen LogP contribution in [0.1, 0.15) is 41.1 Å². The molecular formula is C22H24FN5O2. The molecule has 7 nitrogen and oxygen atoms in total. The number of nitrogens with one attached hydrogen (secondary N) is 1. The van der Waals surface area contributed by atoms with Gasteiger partial charge in [-0.25, -0.2) is 14.4 Å². The summed E-state index contributed by atoms with van der Waals surface area (Å²) in [6.07, 6.45) is 4.17. The van der Waals surface area contributed by atoms with Crippen LogP contribution in [0.15, 0.2) is 30.3 Å². The third-order valence-corrected chi connectivity index (χ3v) is 5.26. The molecule has 0 radical (unpaired) electrons. The number of carbonyl (C=O) groups is 2. The number of carbonyl (C=O) groups excluding carboxylic acids is 2. The maximum atomic E-state index is 13.3. The lowest BCUT2D eigenvalue weighted by Gasteiger charge is -2.17. The fourth-order valence-electron chi connectivity index (χ4n) is 3.84. The molecule has 0 aliphatic carbocycles. The van der Waals surface area contributed by atoms with Gasteiger partial charge < -0.3 is 14.8 Å². The van der Waals surface area contributed by atoms with Gasteiger partial charge in [0.25, 0.3) is 5.91 Å². The Morgan fingerprint density at radius 2 is 2.03 bits per heavy atom. The largest absolute Gasteiger partial charge is 0.332 e. The lowest BCUT2D eigenvalue weighted by atomic mass is 10.1. The molecule has 1 aromatic carbocycles. The molecule has 3 heterocycles. The molecule has 0 saturated carbocycles. The van der Waals surface area contributed by atoms with Crippen molar-refractivity contribution in [2.24, 2.45) is 0 Å². The van der Waals surface area contributed by atoms with Crippen molar-refractivity contribution in [3.05, 3.63) is 53.2 Å². The zero-order valence-corrected chi connectivity index (χ0v) is 17.1. The predicted octanol–water partition coefficient (Wildman–Crippen LogP) is 3.32. The van der Waals surface area contributed by atoms with E-state index in [9.17, 15) is 14.0 Å². The van der Waals surface area contributed by atoms with Crippen LogP contribution in [0.25, 0.3) is 11.2 Å². The van der Waals surface area contributed by atoms with Gasteiger partial charge in [-0.15, -0.1) is 0 Å². The van der Waals surface area contributed by atoms with Crippen LogP contribution in [0.2, 0.25) is 0 Å². The molecule has 2 amide bonds. The molecule has 1 aliphatic rings. The van der Waals surface area contributed by atoms with E-state index in [0.29, 0.717) is 16.8 Å². The summed E-state index contributed by atoms with van der Waals surface area (Å²) in [5.41, 5.74) is 2.84. The van der Waals surface area contributed by atoms with Crippen molar-refractivity contribution < 1.29 is 14.0 Å². The molecule has 30 heavy (non-hydrogen) atoms. The number of aryl methyl sites for hydroxylation is 3. The highest BCUT2D eigenvalue weighted by molar-refractivity contribution is 6.06. The first-order valence-corrected chi connectivity index (χ1v) is 10.1. The molecular weight excluding hydrogens is 385 g/mol. The monoisotopic (exact) mass is 409 g/mol. The lowest BCUT2D eigenvalue weighted by Crippen LogP contribution is -2.35. The van der Waals surface area contributed by atoms with Crippen LogP contribution in [0.3, 0.4) is 0 Å². The lowest BCUT2D eigenvalue weighted by molar-refractivity contribution is -0.116. The average Bonchev–Trinajstić information content (AvgIpc) is 2.88. The smallest absolute Gasteiger partial charge is 0.256 e. The van der Waals surface area contributed by atoms with Crippen LogP contribution in [0.5, 0.6) is 0 Å². The molecule has 0 fully saturated rings. The fourth-order valence-corrected chi connectivity index (χ4v) is 3.84. The summed E-state index contributed by atoms with van der Waals surface area (Å²) in [7, 11) is 1.57. The van der Waals surface area contributed by atoms with Crippen molar-refractivity contribution in [1.29, 1.82) is 0 Å². The van der Waals surface area contributed by atoms with E-state index in [2.05, 4.69) is 14.9 Å². The number of pyridine rings is 1. The Morgan fingerprint density at radius 1 is 1.20 bits per heavy atom. The fraction of sp³-hybridized carbons (Fsp3) is 0.364. The number of nitrogens with zero attached hydrogens (tertiary/aromatic N) is 4. The molecule has 0 saturated heterocycles. The van der Waals surface area contributed by atoms with Crippen molar-refractivity contribution in [2.75, 3.05) is 18.9 Å². The zero-order valence-electron chi connectivity index (χ0n) is 17.1. The van der Waals surface area contributed by atoms with Gasteiger partial charge >= 0.3 is 0 Å². The van der Waals surface area contributed by atoms with Crippen LogP contribution in [-0.4, -0.2) is 44.8 Å². The maximum absolute atomic E-state index is 13.3. The Kier molecular flexibility index (Phi) is 5.48. The number of benzene rings is 1. The molecule has 0 atom stereocenters. The van der Waals surface area contributed by atoms with Crippen LogP contribution < -0.4 is 5.32 Å². The van der Waals surface area contributed by atoms with Gasteiger partial charge in [-0.1, -0.05) is 12.5 Å². The number of amides is 2. The topological polar surface area (TPSA) is 80.1 Å². The van der Waals surface area contributed by atoms with Crippen molar-refractivity contribution in [2.45, 2.75) is 39.2 Å². The minimum atomic E-state index is -0.438. The second kappa shape index (κ2) is 8.22. The zero-order chi connectivity index (χ0) is 21.3. The number of hydrogen-bond acceptors (Lipinski definition) is 4. The third kappa shape index (κ3) is 4.03. The molecule has 0 bridgehead atoms. The number of likely N-dealkylation sites (N-methyl/N-ethyl adjacent to an activating group) is 1. The van der Waals surface area contributed by atoms with Gasteiger partial charge in [0.15, 0.2) is 5.65 Å². The van der Waals surface area contributed by atoms with E-state index in [4.69, 9.17) is 4.98 Å². The van der Waals surface area contributed by atoms with Crippen molar-refractivity contribution >= 4 is 28.7 Å². The van der Waals surface area contributed by atoms with Gasteiger partial charge in [0, 0.05) is 31.4 Å². The Morgan fingerprint density at radius 3 is 2.83 bits per heavy atom. The van der Waals surface area contributed by atoms with Crippen LogP contribution in [0.4, 0.5) is 10.1 Å². The van der Waals surface area contributed by atoms with E-state index in [0.717, 1.165) is 49.4 Å². The Bertz CT molecular complexity index is 1120. The molecule has 3 aromatic rings. The van der Waals surface area contributed by atoms with Crippen molar-refractivity contribution in [3.63, 3.8) is 0 Å². The second-order valence-corrected chi connectivity index (χ2v) is 7.69. The number of aromatic nitrogens is 3. The SMILES string of the molecule is Cc1cc(C(=O)N(C)CC(=O)Nc2cccc(F)c2)c2nc3n(c2n1)CCCCC3. The Balaban J connectivity index is 1.57. The van der Waals surface area contributed by atoms with Gasteiger partial charge in [-0.2, -0.15) is 0 Å². The highest BCUT2D eigenvalue weighted by atomic mass is 19.1. The van der Waals surface area contributed by atoms with Gasteiger partial charge in [0.2, 0.25) is 5.91 Å². The average molecular weight is 409 g/mol. The summed E-state index contributed by atoms with van der Waals surface area (Å²) in [4.78, 5) is 36.2. The minimum absolute atomic E-state index is 0.161. The standard InChI is InChI=1S/C22H24FN5O2/c1-14-11-17(20-21(24-14)28-10-5-3-4-9-18(28)26-20)22(30)27(2)13-19(29)25-16-8-6-7-15(23)12-16/h6-8,11-12H,3-5,9-10,13H2,1-2H3,(H,25,29). The number of fused-ring (bicyclic) bond motifs is 3. The summed E-state index contributed by atoms with van der Waals surface area (Å²) in [6, 6.07) is 7.36. The normalized spacial score (nSPS) is 13.6. The van der Waals surface area contributed by atoms with Crippen LogP contribution in [-0.2, 0) is 17.8 Å². The first kappa shape index (κ1) is 20.0. The molecule has 8 heteroatoms. The summed E-state index contributed by atoms with van der Waals surface area (Å²) in [5.74, 6) is -0.181. The van der Waals surface area contributed by atoms with E-state index in [1.807, 2.05) is 6.92 Å². The molecule has 4 rings (SSSR count). The highest BCUT2D eigenvalue weighted by Gasteiger charge is 2.23. The summed E-state index contributed by atoms with van der Waals surface area (Å²) in [5, 5.41) is 2.61. The summed E-state index contributed by atoms with van der Waals surface area (Å²) < 4.78 is 15.4. The van der Waals surface area contributed by atoms with Crippen molar-refractivity contribution in [3.8, 4) is 0 Å². The molecule has 1 N–H and O–H groups in total. The Hall–Kier alpha value is -3.29. The van der Waals surface area contributed by atoms with Gasteiger partial charge in [-0.05, 0) is 44.0 Å². The van der Waals surface area contributed by atoms with Crippen LogP contribution in [0, 0.1) is 12.7 Å². The first-order chi connectivity index (χ1) is 14.4. The number of imidazole rings is 1. The molecule has 0 spiro atoms. The third-order valence-electron chi connectivity index (χ3n) is 5.26. The van der Waals surface area contributed by atoms with Gasteiger partial charge in [0.1, 0.15) is 17.2 Å². The minimum Gasteiger partial charge on any atom is -0.332 e. The van der Waals surface area contributed by atoms with E-state index < -0.39 is 11.7 Å². The van der Waals surface area contributed by atoms with E-state index in [1.165, 1.54) is 23.1 Å². The summed E-state index contributed by atoms with van der Waals surface area (Å²) >= 11 is 0. The summed E-state index contributed by atoms with van der Waals surface area (Å²) in [6.45, 7) is 2.54. The molecule has 1 aliphatic heterocycles. The van der Waals surface area contributed by atoms with Gasteiger partial charge in [0.05, 0.1) is 12.1 Å². The van der Waals surface area contributed by atoms with E-state index >= 15 is 0 Å². The first-order valence-electron chi connectivity index (χ1n) is 10.1. The highest BCUT2D eigenvalue weighted by Crippen LogP contribution is 2.24. The van der Waals surface area contributed by atoms with E-state index in [1.54, 1.807) is 19.2 Å². The molecule has 0 unspecified atom stereocenters. The van der Waals surface area contributed by atoms with Gasteiger partial charge in [-0.3, -0.25) is 9.59 Å². The maximum Gasteiger partial charge on any atom is 0.256 e. The van der Waals surface area contributed by atoms with Crippen molar-refractivity contribution in [1.82, 2.24) is 19.4 Å². The van der Waals surface area contributed by atoms with E-state index in [-0.39, 0.29) is 12.5 Å². The number of halogens is 1. The second-order valence-electron chi connectivity index (χ2n) is 7.69. The quantitative estimate of drug-likeness (QED) is 0.717. The molecule has 2 aromatic heterocycles. The number of hydrogen-bond donors (Lipinski definition) is 1. The number of anilines is 1. The van der Waals surface area contributed by atoms with Crippen LogP contribution >= 0.6 is 0 Å². The predicted molar refractivity (Wildman–Crippen MR) is 112 cm³/mol. The Labute approximate surface area is 173 Å².